The second kappa shape index (κ2) is 2.63. The molecule has 1 aromatic rings. The fraction of sp³-hybridized carbons (Fsp3) is 0. The molecule has 6 nitrogen and oxygen atoms in total. The lowest BCUT2D eigenvalue weighted by Crippen LogP contribution is -2.76. The van der Waals surface area contributed by atoms with Crippen LogP contribution in [-0.4, -0.2) is 16.7 Å². The number of nitro groups is 1. The van der Waals surface area contributed by atoms with Crippen LogP contribution in [0.25, 0.3) is 0 Å². The molecule has 0 spiro atoms. The maximum atomic E-state index is 11.2. The topological polar surface area (TPSA) is 100 Å². The molecule has 1 aromatic carbocycles. The lowest BCUT2D eigenvalue weighted by atomic mass is 10.1. The van der Waals surface area contributed by atoms with Gasteiger partial charge in [-0.15, -0.1) is 0 Å². The first-order valence-corrected chi connectivity index (χ1v) is 3.82. The average Bonchev–Trinajstić information content (AvgIpc) is 2.42. The van der Waals surface area contributed by atoms with Crippen LogP contribution < -0.4 is 10.7 Å². The van der Waals surface area contributed by atoms with Crippen LogP contribution in [0.5, 0.6) is 0 Å². The number of fused-ring (bicyclic) bond motifs is 1. The van der Waals surface area contributed by atoms with E-state index >= 15 is 0 Å². The summed E-state index contributed by atoms with van der Waals surface area (Å²) in [6, 6.07) is 3.98. The molecule has 3 N–H and O–H groups in total. The largest absolute Gasteiger partial charge is 0.340 e. The van der Waals surface area contributed by atoms with E-state index in [1.165, 1.54) is 18.2 Å². The van der Waals surface area contributed by atoms with E-state index in [1.54, 1.807) is 0 Å². The number of carbonyl (C=O) groups excluding carboxylic acids is 1. The summed E-state index contributed by atoms with van der Waals surface area (Å²) in [4.78, 5) is 23.5. The zero-order valence-corrected chi connectivity index (χ0v) is 6.98. The highest BCUT2D eigenvalue weighted by molar-refractivity contribution is 6.10. The second-order valence-electron chi connectivity index (χ2n) is 2.85. The molecule has 6 heteroatoms. The van der Waals surface area contributed by atoms with Gasteiger partial charge in [0.15, 0.2) is 0 Å². The third-order valence-corrected chi connectivity index (χ3v) is 2.00. The van der Waals surface area contributed by atoms with E-state index in [0.717, 1.165) is 0 Å². The van der Waals surface area contributed by atoms with Crippen LogP contribution in [-0.2, 0) is 0 Å². The van der Waals surface area contributed by atoms with E-state index in [2.05, 4.69) is 4.99 Å². The summed E-state index contributed by atoms with van der Waals surface area (Å²) < 4.78 is 0. The molecule has 0 bridgehead atoms. The van der Waals surface area contributed by atoms with Gasteiger partial charge in [0.1, 0.15) is 0 Å². The van der Waals surface area contributed by atoms with Gasteiger partial charge in [0, 0.05) is 12.1 Å². The SMILES string of the molecule is NC1=[NH+]C(=O)c2cc([N+](=O)[O-])ccc21. The number of nitrogens with one attached hydrogen (secondary N) is 1. The monoisotopic (exact) mass is 192 g/mol. The van der Waals surface area contributed by atoms with Crippen molar-refractivity contribution in [3.05, 3.63) is 39.4 Å². The number of rotatable bonds is 1. The zero-order chi connectivity index (χ0) is 10.3. The van der Waals surface area contributed by atoms with Crippen molar-refractivity contribution in [2.24, 2.45) is 5.73 Å². The van der Waals surface area contributed by atoms with Gasteiger partial charge in [-0.25, -0.2) is 9.79 Å². The summed E-state index contributed by atoms with van der Waals surface area (Å²) in [6.07, 6.45) is 0. The number of benzene rings is 1. The van der Waals surface area contributed by atoms with Crippen molar-refractivity contribution >= 4 is 17.4 Å². The summed E-state index contributed by atoms with van der Waals surface area (Å²) in [5.74, 6) is -0.166. The summed E-state index contributed by atoms with van der Waals surface area (Å²) in [6.45, 7) is 0. The Morgan fingerprint density at radius 3 is 2.71 bits per heavy atom. The second-order valence-corrected chi connectivity index (χ2v) is 2.85. The fourth-order valence-corrected chi connectivity index (χ4v) is 1.33. The standard InChI is InChI=1S/C8H5N3O3/c9-7-5-2-1-4(11(13)14)3-6(5)8(12)10-7/h1-3H,(H2,9,10,12)/p+1. The highest BCUT2D eigenvalue weighted by atomic mass is 16.6. The van der Waals surface area contributed by atoms with Crippen LogP contribution in [0, 0.1) is 10.1 Å². The molecule has 1 aliphatic rings. The summed E-state index contributed by atoms with van der Waals surface area (Å²) >= 11 is 0. The Hall–Kier alpha value is -2.24. The molecule has 0 radical (unpaired) electrons. The first-order valence-electron chi connectivity index (χ1n) is 3.82. The molecular weight excluding hydrogens is 186 g/mol. The molecule has 0 unspecified atom stereocenters. The van der Waals surface area contributed by atoms with Crippen molar-refractivity contribution < 1.29 is 14.7 Å². The maximum absolute atomic E-state index is 11.2. The van der Waals surface area contributed by atoms with E-state index in [4.69, 9.17) is 5.73 Å². The van der Waals surface area contributed by atoms with Gasteiger partial charge in [0.05, 0.1) is 16.1 Å². The average molecular weight is 192 g/mol. The maximum Gasteiger partial charge on any atom is 0.340 e. The van der Waals surface area contributed by atoms with Crippen molar-refractivity contribution in [1.82, 2.24) is 0 Å². The number of carbonyl (C=O) groups is 1. The zero-order valence-electron chi connectivity index (χ0n) is 6.98. The number of hydrogen-bond donors (Lipinski definition) is 2. The molecule has 70 valence electrons. The van der Waals surface area contributed by atoms with E-state index in [1.807, 2.05) is 0 Å². The third-order valence-electron chi connectivity index (χ3n) is 2.00. The normalized spacial score (nSPS) is 13.7. The first-order chi connectivity index (χ1) is 6.59. The molecule has 14 heavy (non-hydrogen) atoms. The van der Waals surface area contributed by atoms with Crippen molar-refractivity contribution in [3.63, 3.8) is 0 Å². The predicted octanol–water partition coefficient (Wildman–Crippen LogP) is -1.47. The van der Waals surface area contributed by atoms with Crippen molar-refractivity contribution in [3.8, 4) is 0 Å². The highest BCUT2D eigenvalue weighted by Gasteiger charge is 2.27. The minimum atomic E-state index is -0.554. The molecule has 0 saturated heterocycles. The molecule has 1 heterocycles. The number of amidine groups is 1. The lowest BCUT2D eigenvalue weighted by molar-refractivity contribution is -0.385. The van der Waals surface area contributed by atoms with Crippen LogP contribution in [0.15, 0.2) is 18.2 Å². The van der Waals surface area contributed by atoms with Gasteiger partial charge in [0.2, 0.25) is 0 Å². The number of amides is 1. The Balaban J connectivity index is 2.60. The van der Waals surface area contributed by atoms with Crippen molar-refractivity contribution in [2.75, 3.05) is 0 Å². The van der Waals surface area contributed by atoms with Gasteiger partial charge in [0.25, 0.3) is 11.5 Å². The Morgan fingerprint density at radius 2 is 2.07 bits per heavy atom. The van der Waals surface area contributed by atoms with E-state index < -0.39 is 10.8 Å². The Kier molecular flexibility index (Phi) is 1.57. The van der Waals surface area contributed by atoms with E-state index in [-0.39, 0.29) is 17.1 Å². The van der Waals surface area contributed by atoms with Gasteiger partial charge in [-0.1, -0.05) is 0 Å². The highest BCUT2D eigenvalue weighted by Crippen LogP contribution is 2.17. The molecule has 0 aliphatic carbocycles. The molecule has 0 atom stereocenters. The van der Waals surface area contributed by atoms with Gasteiger partial charge >= 0.3 is 5.91 Å². The molecule has 0 fully saturated rings. The van der Waals surface area contributed by atoms with E-state index in [9.17, 15) is 14.9 Å². The number of nitrogens with zero attached hydrogens (tertiary/aromatic N) is 1. The Bertz CT molecular complexity index is 479. The van der Waals surface area contributed by atoms with E-state index in [0.29, 0.717) is 5.56 Å². The fourth-order valence-electron chi connectivity index (χ4n) is 1.33. The minimum Gasteiger partial charge on any atom is -0.286 e. The third kappa shape index (κ3) is 1.05. The van der Waals surface area contributed by atoms with Gasteiger partial charge in [-0.2, -0.15) is 0 Å². The van der Waals surface area contributed by atoms with Gasteiger partial charge < -0.3 is 0 Å². The number of nitro benzene ring substituents is 1. The molecule has 0 saturated carbocycles. The van der Waals surface area contributed by atoms with Crippen molar-refractivity contribution in [2.45, 2.75) is 0 Å². The number of hydrogen-bond acceptors (Lipinski definition) is 4. The quantitative estimate of drug-likeness (QED) is 0.419. The van der Waals surface area contributed by atoms with Crippen LogP contribution in [0.4, 0.5) is 5.69 Å². The van der Waals surface area contributed by atoms with Crippen molar-refractivity contribution in [1.29, 1.82) is 0 Å². The smallest absolute Gasteiger partial charge is 0.286 e. The summed E-state index contributed by atoms with van der Waals surface area (Å²) in [5.41, 5.74) is 6.12. The first kappa shape index (κ1) is 8.36. The Labute approximate surface area is 78.2 Å². The lowest BCUT2D eigenvalue weighted by Gasteiger charge is -1.93. The molecule has 2 rings (SSSR count). The molecule has 1 amide bonds. The predicted molar refractivity (Wildman–Crippen MR) is 46.7 cm³/mol. The van der Waals surface area contributed by atoms with Crippen LogP contribution in [0.1, 0.15) is 15.9 Å². The number of non-ortho nitro benzene ring substituents is 1. The molecular formula is C8H6N3O3+. The number of nitrogens with two attached hydrogens (primary N) is 1. The minimum absolute atomic E-state index is 0.117. The van der Waals surface area contributed by atoms with Gasteiger partial charge in [-0.05, 0) is 6.07 Å². The molecule has 1 aliphatic heterocycles. The Morgan fingerprint density at radius 1 is 1.36 bits per heavy atom. The van der Waals surface area contributed by atoms with Crippen LogP contribution in [0.3, 0.4) is 0 Å². The van der Waals surface area contributed by atoms with Crippen LogP contribution in [0.2, 0.25) is 0 Å². The van der Waals surface area contributed by atoms with Gasteiger partial charge in [-0.3, -0.25) is 15.8 Å². The summed E-state index contributed by atoms with van der Waals surface area (Å²) in [5, 5.41) is 10.4. The number of nitrogen functional groups attached to an aromatic ring is 1. The van der Waals surface area contributed by atoms with Crippen LogP contribution >= 0.6 is 0 Å². The summed E-state index contributed by atoms with van der Waals surface area (Å²) in [7, 11) is 0. The molecule has 0 aromatic heterocycles.